The third-order valence-corrected chi connectivity index (χ3v) is 3.29. The minimum atomic E-state index is -0.100. The molecule has 4 heteroatoms. The molecule has 1 heterocycles. The lowest BCUT2D eigenvalue weighted by Gasteiger charge is -2.27. The van der Waals surface area contributed by atoms with Crippen molar-refractivity contribution in [3.63, 3.8) is 0 Å². The van der Waals surface area contributed by atoms with Crippen molar-refractivity contribution in [2.24, 2.45) is 5.92 Å². The van der Waals surface area contributed by atoms with Crippen molar-refractivity contribution >= 4 is 5.91 Å². The summed E-state index contributed by atoms with van der Waals surface area (Å²) in [6.07, 6.45) is 7.79. The molecule has 1 saturated carbocycles. The zero-order chi connectivity index (χ0) is 12.3. The third kappa shape index (κ3) is 3.25. The molecule has 1 aliphatic rings. The minimum absolute atomic E-state index is 0.100. The van der Waals surface area contributed by atoms with Gasteiger partial charge in [0, 0.05) is 12.2 Å². The maximum atomic E-state index is 11.9. The number of hydrogen-bond acceptors (Lipinski definition) is 3. The first kappa shape index (κ1) is 12.0. The van der Waals surface area contributed by atoms with E-state index in [1.165, 1.54) is 19.0 Å². The molecule has 1 aromatic heterocycles. The summed E-state index contributed by atoms with van der Waals surface area (Å²) >= 11 is 0. The van der Waals surface area contributed by atoms with Crippen LogP contribution >= 0.6 is 0 Å². The molecule has 0 bridgehead atoms. The number of rotatable bonds is 2. The van der Waals surface area contributed by atoms with Crippen molar-refractivity contribution in [1.29, 1.82) is 0 Å². The Kier molecular flexibility index (Phi) is 3.71. The van der Waals surface area contributed by atoms with Crippen molar-refractivity contribution in [1.82, 2.24) is 15.3 Å². The summed E-state index contributed by atoms with van der Waals surface area (Å²) in [4.78, 5) is 20.1. The second-order valence-electron chi connectivity index (χ2n) is 4.99. The zero-order valence-electron chi connectivity index (χ0n) is 10.4. The van der Waals surface area contributed by atoms with Gasteiger partial charge in [-0.2, -0.15) is 0 Å². The first-order valence-electron chi connectivity index (χ1n) is 6.24. The molecule has 1 amide bonds. The van der Waals surface area contributed by atoms with E-state index in [0.717, 1.165) is 18.5 Å². The van der Waals surface area contributed by atoms with Crippen molar-refractivity contribution in [2.75, 3.05) is 0 Å². The van der Waals surface area contributed by atoms with Crippen molar-refractivity contribution in [3.8, 4) is 0 Å². The van der Waals surface area contributed by atoms with Crippen LogP contribution in [0.4, 0.5) is 0 Å². The van der Waals surface area contributed by atoms with Crippen LogP contribution in [0.15, 0.2) is 12.4 Å². The van der Waals surface area contributed by atoms with E-state index in [9.17, 15) is 4.79 Å². The van der Waals surface area contributed by atoms with E-state index in [4.69, 9.17) is 0 Å². The van der Waals surface area contributed by atoms with Gasteiger partial charge in [-0.25, -0.2) is 4.98 Å². The maximum Gasteiger partial charge on any atom is 0.271 e. The van der Waals surface area contributed by atoms with Crippen LogP contribution in [0.1, 0.15) is 48.8 Å². The van der Waals surface area contributed by atoms with Gasteiger partial charge in [0.1, 0.15) is 5.69 Å². The van der Waals surface area contributed by atoms with Crippen LogP contribution in [-0.2, 0) is 0 Å². The Bertz CT molecular complexity index is 388. The third-order valence-electron chi connectivity index (χ3n) is 3.29. The van der Waals surface area contributed by atoms with Gasteiger partial charge >= 0.3 is 0 Å². The fourth-order valence-electron chi connectivity index (χ4n) is 2.33. The first-order valence-corrected chi connectivity index (χ1v) is 6.24. The Morgan fingerprint density at radius 3 is 2.82 bits per heavy atom. The van der Waals surface area contributed by atoms with Gasteiger partial charge in [0.2, 0.25) is 0 Å². The standard InChI is InChI=1S/C13H19N3O/c1-9-4-3-5-11(6-9)16-13(17)12-8-14-10(2)7-15-12/h7-9,11H,3-6H2,1-2H3,(H,16,17). The quantitative estimate of drug-likeness (QED) is 0.851. The van der Waals surface area contributed by atoms with Crippen LogP contribution in [-0.4, -0.2) is 21.9 Å². The van der Waals surface area contributed by atoms with Gasteiger partial charge in [-0.3, -0.25) is 9.78 Å². The topological polar surface area (TPSA) is 54.9 Å². The van der Waals surface area contributed by atoms with Crippen LogP contribution in [0.2, 0.25) is 0 Å². The van der Waals surface area contributed by atoms with Gasteiger partial charge in [0.05, 0.1) is 11.9 Å². The highest BCUT2D eigenvalue weighted by atomic mass is 16.1. The number of carbonyl (C=O) groups is 1. The number of amides is 1. The Morgan fingerprint density at radius 1 is 1.35 bits per heavy atom. The molecule has 1 aromatic rings. The van der Waals surface area contributed by atoms with Gasteiger partial charge in [-0.15, -0.1) is 0 Å². The molecule has 1 N–H and O–H groups in total. The highest BCUT2D eigenvalue weighted by Gasteiger charge is 2.21. The van der Waals surface area contributed by atoms with Crippen LogP contribution in [0, 0.1) is 12.8 Å². The van der Waals surface area contributed by atoms with E-state index in [2.05, 4.69) is 22.2 Å². The van der Waals surface area contributed by atoms with E-state index in [-0.39, 0.29) is 5.91 Å². The Hall–Kier alpha value is -1.45. The molecule has 2 rings (SSSR count). The monoisotopic (exact) mass is 233 g/mol. The summed E-state index contributed by atoms with van der Waals surface area (Å²) in [6.45, 7) is 4.10. The van der Waals surface area contributed by atoms with Gasteiger partial charge < -0.3 is 5.32 Å². The predicted octanol–water partition coefficient (Wildman–Crippen LogP) is 2.09. The number of nitrogens with one attached hydrogen (secondary N) is 1. The highest BCUT2D eigenvalue weighted by molar-refractivity contribution is 5.92. The average Bonchev–Trinajstić information content (AvgIpc) is 2.29. The highest BCUT2D eigenvalue weighted by Crippen LogP contribution is 2.23. The second kappa shape index (κ2) is 5.25. The molecule has 2 unspecified atom stereocenters. The van der Waals surface area contributed by atoms with Crippen molar-refractivity contribution < 1.29 is 4.79 Å². The number of hydrogen-bond donors (Lipinski definition) is 1. The lowest BCUT2D eigenvalue weighted by Crippen LogP contribution is -2.38. The SMILES string of the molecule is Cc1cnc(C(=O)NC2CCCC(C)C2)cn1. The van der Waals surface area contributed by atoms with E-state index >= 15 is 0 Å². The minimum Gasteiger partial charge on any atom is -0.348 e. The summed E-state index contributed by atoms with van der Waals surface area (Å²) in [5.41, 5.74) is 1.24. The predicted molar refractivity (Wildman–Crippen MR) is 65.7 cm³/mol. The lowest BCUT2D eigenvalue weighted by molar-refractivity contribution is 0.0916. The summed E-state index contributed by atoms with van der Waals surface area (Å²) in [5.74, 6) is 0.606. The van der Waals surface area contributed by atoms with E-state index in [0.29, 0.717) is 17.7 Å². The smallest absolute Gasteiger partial charge is 0.271 e. The molecule has 0 saturated heterocycles. The Balaban J connectivity index is 1.94. The second-order valence-corrected chi connectivity index (χ2v) is 4.99. The summed E-state index contributed by atoms with van der Waals surface area (Å²) in [7, 11) is 0. The number of carbonyl (C=O) groups excluding carboxylic acids is 1. The lowest BCUT2D eigenvalue weighted by atomic mass is 9.87. The van der Waals surface area contributed by atoms with Gasteiger partial charge in [-0.1, -0.05) is 19.8 Å². The van der Waals surface area contributed by atoms with Crippen LogP contribution < -0.4 is 5.32 Å². The van der Waals surface area contributed by atoms with Crippen LogP contribution in [0.25, 0.3) is 0 Å². The molecule has 0 spiro atoms. The molecule has 2 atom stereocenters. The fraction of sp³-hybridized carbons (Fsp3) is 0.615. The summed E-state index contributed by atoms with van der Waals surface area (Å²) in [6, 6.07) is 0.300. The number of aryl methyl sites for hydroxylation is 1. The summed E-state index contributed by atoms with van der Waals surface area (Å²) in [5, 5.41) is 3.04. The Labute approximate surface area is 102 Å². The summed E-state index contributed by atoms with van der Waals surface area (Å²) < 4.78 is 0. The van der Waals surface area contributed by atoms with E-state index < -0.39 is 0 Å². The molecule has 1 fully saturated rings. The molecule has 0 aliphatic heterocycles. The number of nitrogens with zero attached hydrogens (tertiary/aromatic N) is 2. The molecule has 17 heavy (non-hydrogen) atoms. The molecule has 92 valence electrons. The Morgan fingerprint density at radius 2 is 2.18 bits per heavy atom. The van der Waals surface area contributed by atoms with Gasteiger partial charge in [0.15, 0.2) is 0 Å². The zero-order valence-corrected chi connectivity index (χ0v) is 10.4. The van der Waals surface area contributed by atoms with Gasteiger partial charge in [-0.05, 0) is 25.7 Å². The average molecular weight is 233 g/mol. The van der Waals surface area contributed by atoms with Crippen LogP contribution in [0.5, 0.6) is 0 Å². The van der Waals surface area contributed by atoms with Crippen LogP contribution in [0.3, 0.4) is 0 Å². The normalized spacial score (nSPS) is 24.4. The van der Waals surface area contributed by atoms with Crippen molar-refractivity contribution in [3.05, 3.63) is 23.8 Å². The fourth-order valence-corrected chi connectivity index (χ4v) is 2.33. The molecular weight excluding hydrogens is 214 g/mol. The molecular formula is C13H19N3O. The van der Waals surface area contributed by atoms with E-state index in [1.54, 1.807) is 6.20 Å². The largest absolute Gasteiger partial charge is 0.348 e. The molecule has 0 radical (unpaired) electrons. The molecule has 4 nitrogen and oxygen atoms in total. The first-order chi connectivity index (χ1) is 8.15. The van der Waals surface area contributed by atoms with Crippen molar-refractivity contribution in [2.45, 2.75) is 45.6 Å². The molecule has 1 aliphatic carbocycles. The molecule has 0 aromatic carbocycles. The van der Waals surface area contributed by atoms with Gasteiger partial charge in [0.25, 0.3) is 5.91 Å². The van der Waals surface area contributed by atoms with E-state index in [1.807, 2.05) is 6.92 Å². The number of aromatic nitrogens is 2. The maximum absolute atomic E-state index is 11.9.